The van der Waals surface area contributed by atoms with E-state index in [4.69, 9.17) is 4.42 Å². The van der Waals surface area contributed by atoms with Crippen LogP contribution in [-0.4, -0.2) is 26.2 Å². The number of hydrogen-bond donors (Lipinski definition) is 0. The Labute approximate surface area is 195 Å². The van der Waals surface area contributed by atoms with Crippen LogP contribution in [-0.2, 0) is 11.3 Å². The van der Waals surface area contributed by atoms with Crippen molar-refractivity contribution in [2.24, 2.45) is 40.9 Å². The molecule has 8 unspecified atom stereocenters. The second-order valence-electron chi connectivity index (χ2n) is 11.9. The average molecular weight is 454 g/mol. The van der Waals surface area contributed by atoms with Crippen LogP contribution >= 0.6 is 0 Å². The summed E-state index contributed by atoms with van der Waals surface area (Å²) in [5.74, 6) is 2.94. The summed E-state index contributed by atoms with van der Waals surface area (Å²) in [5.41, 5.74) is -0.165. The lowest BCUT2D eigenvalue weighted by molar-refractivity contribution is -0.146. The molecule has 4 fully saturated rings. The highest BCUT2D eigenvalue weighted by atomic mass is 19.1. The Kier molecular flexibility index (Phi) is 5.08. The summed E-state index contributed by atoms with van der Waals surface area (Å²) in [4.78, 5) is 17.6. The standard InChI is InChI=1S/C27H36FN3O2/c1-17-7-10-27(28)19(13-17)3-4-20-21-5-6-23(26(21,2)9-8-22(20)27)24(32)16-31-15-18(14-30-31)25-29-11-12-33-25/h11-12,14-15,17,19-23H,3-10,13,16H2,1-2H3. The Balaban J connectivity index is 1.18. The fraction of sp³-hybridized carbons (Fsp3) is 0.741. The van der Waals surface area contributed by atoms with Gasteiger partial charge in [0.05, 0.1) is 24.5 Å². The van der Waals surface area contributed by atoms with Gasteiger partial charge in [-0.15, -0.1) is 0 Å². The van der Waals surface area contributed by atoms with E-state index in [2.05, 4.69) is 23.9 Å². The van der Waals surface area contributed by atoms with Crippen molar-refractivity contribution < 1.29 is 13.6 Å². The van der Waals surface area contributed by atoms with Crippen LogP contribution in [0.1, 0.15) is 71.6 Å². The van der Waals surface area contributed by atoms with Gasteiger partial charge < -0.3 is 4.42 Å². The van der Waals surface area contributed by atoms with E-state index in [0.29, 0.717) is 23.6 Å². The Morgan fingerprint density at radius 2 is 2.06 bits per heavy atom. The minimum atomic E-state index is -0.954. The molecule has 0 bridgehead atoms. The van der Waals surface area contributed by atoms with Gasteiger partial charge in [0.15, 0.2) is 5.78 Å². The van der Waals surface area contributed by atoms with Gasteiger partial charge in [0.1, 0.15) is 11.9 Å². The second kappa shape index (κ2) is 7.78. The molecule has 33 heavy (non-hydrogen) atoms. The molecular formula is C27H36FN3O2. The maximum atomic E-state index is 16.5. The lowest BCUT2D eigenvalue weighted by Gasteiger charge is -2.58. The van der Waals surface area contributed by atoms with Gasteiger partial charge in [-0.3, -0.25) is 9.48 Å². The van der Waals surface area contributed by atoms with E-state index in [0.717, 1.165) is 63.4 Å². The third-order valence-corrected chi connectivity index (χ3v) is 10.3. The number of rotatable bonds is 4. The highest BCUT2D eigenvalue weighted by Gasteiger charge is 2.62. The van der Waals surface area contributed by atoms with Crippen molar-refractivity contribution in [2.75, 3.05) is 0 Å². The van der Waals surface area contributed by atoms with E-state index in [1.165, 1.54) is 6.26 Å². The van der Waals surface area contributed by atoms with E-state index < -0.39 is 5.67 Å². The van der Waals surface area contributed by atoms with E-state index in [-0.39, 0.29) is 35.5 Å². The van der Waals surface area contributed by atoms with Gasteiger partial charge in [0.2, 0.25) is 5.89 Å². The molecule has 0 aromatic carbocycles. The maximum absolute atomic E-state index is 16.5. The summed E-state index contributed by atoms with van der Waals surface area (Å²) in [6.45, 7) is 4.92. The molecule has 4 saturated carbocycles. The zero-order chi connectivity index (χ0) is 22.8. The first-order valence-corrected chi connectivity index (χ1v) is 13.0. The average Bonchev–Trinajstić information content (AvgIpc) is 3.53. The van der Waals surface area contributed by atoms with Crippen molar-refractivity contribution in [3.05, 3.63) is 24.9 Å². The number of Topliss-reactive ketones (excluding diaryl/α,β-unsaturated/α-hetero) is 1. The molecule has 6 rings (SSSR count). The number of hydrogen-bond acceptors (Lipinski definition) is 4. The molecule has 0 N–H and O–H groups in total. The SMILES string of the molecule is CC1CCC2(F)C(CCC3C4CCC(C(=O)Cn5cc(-c6ncco6)cn5)C4(C)CCC32)C1. The number of halogens is 1. The number of fused-ring (bicyclic) bond motifs is 5. The highest BCUT2D eigenvalue weighted by molar-refractivity contribution is 5.82. The summed E-state index contributed by atoms with van der Waals surface area (Å²) in [7, 11) is 0. The Morgan fingerprint density at radius 3 is 2.88 bits per heavy atom. The predicted octanol–water partition coefficient (Wildman–Crippen LogP) is 6.10. The lowest BCUT2D eigenvalue weighted by Crippen LogP contribution is -2.56. The van der Waals surface area contributed by atoms with Crippen molar-refractivity contribution in [1.29, 1.82) is 0 Å². The number of aromatic nitrogens is 3. The van der Waals surface area contributed by atoms with E-state index in [1.54, 1.807) is 17.1 Å². The molecular weight excluding hydrogens is 417 g/mol. The van der Waals surface area contributed by atoms with Crippen LogP contribution in [0.4, 0.5) is 4.39 Å². The van der Waals surface area contributed by atoms with Gasteiger partial charge >= 0.3 is 0 Å². The first-order chi connectivity index (χ1) is 15.9. The molecule has 6 heteroatoms. The van der Waals surface area contributed by atoms with Crippen molar-refractivity contribution >= 4 is 5.78 Å². The van der Waals surface area contributed by atoms with Crippen LogP contribution in [0.15, 0.2) is 29.3 Å². The van der Waals surface area contributed by atoms with Crippen LogP contribution < -0.4 is 0 Å². The topological polar surface area (TPSA) is 60.9 Å². The normalized spacial score (nSPS) is 42.4. The van der Waals surface area contributed by atoms with Gasteiger partial charge in [0, 0.05) is 12.1 Å². The smallest absolute Gasteiger partial charge is 0.229 e. The summed E-state index contributed by atoms with van der Waals surface area (Å²) in [6, 6.07) is 0. The van der Waals surface area contributed by atoms with Gasteiger partial charge in [-0.2, -0.15) is 5.10 Å². The Morgan fingerprint density at radius 1 is 1.18 bits per heavy atom. The summed E-state index contributed by atoms with van der Waals surface area (Å²) in [5, 5.41) is 4.38. The zero-order valence-corrected chi connectivity index (χ0v) is 19.9. The van der Waals surface area contributed by atoms with Crippen LogP contribution in [0.5, 0.6) is 0 Å². The van der Waals surface area contributed by atoms with Crippen LogP contribution in [0.2, 0.25) is 0 Å². The summed E-state index contributed by atoms with van der Waals surface area (Å²) >= 11 is 0. The molecule has 0 aliphatic heterocycles. The molecule has 4 aliphatic rings. The number of carbonyl (C=O) groups excluding carboxylic acids is 1. The molecule has 2 heterocycles. The fourth-order valence-corrected chi connectivity index (χ4v) is 8.72. The van der Waals surface area contributed by atoms with Crippen LogP contribution in [0.3, 0.4) is 0 Å². The number of ketones is 1. The van der Waals surface area contributed by atoms with Crippen molar-refractivity contribution in [2.45, 2.75) is 83.8 Å². The minimum absolute atomic E-state index is 0.00194. The monoisotopic (exact) mass is 453 g/mol. The van der Waals surface area contributed by atoms with E-state index >= 15 is 4.39 Å². The van der Waals surface area contributed by atoms with Gasteiger partial charge in [0.25, 0.3) is 0 Å². The number of carbonyl (C=O) groups is 1. The molecule has 2 aromatic rings. The number of oxazole rings is 1. The van der Waals surface area contributed by atoms with Crippen molar-refractivity contribution in [3.8, 4) is 11.5 Å². The van der Waals surface area contributed by atoms with Gasteiger partial charge in [-0.25, -0.2) is 9.37 Å². The van der Waals surface area contributed by atoms with Crippen molar-refractivity contribution in [3.63, 3.8) is 0 Å². The fourth-order valence-electron chi connectivity index (χ4n) is 8.72. The molecule has 0 saturated heterocycles. The summed E-state index contributed by atoms with van der Waals surface area (Å²) in [6.07, 6.45) is 15.7. The summed E-state index contributed by atoms with van der Waals surface area (Å²) < 4.78 is 23.5. The third kappa shape index (κ3) is 3.34. The molecule has 2 aromatic heterocycles. The molecule has 0 spiro atoms. The van der Waals surface area contributed by atoms with E-state index in [1.807, 2.05) is 6.20 Å². The molecule has 178 valence electrons. The Bertz CT molecular complexity index is 1020. The quantitative estimate of drug-likeness (QED) is 0.561. The second-order valence-corrected chi connectivity index (χ2v) is 11.9. The predicted molar refractivity (Wildman–Crippen MR) is 123 cm³/mol. The van der Waals surface area contributed by atoms with Crippen molar-refractivity contribution in [1.82, 2.24) is 14.8 Å². The third-order valence-electron chi connectivity index (χ3n) is 10.3. The van der Waals surface area contributed by atoms with Crippen LogP contribution in [0, 0.1) is 40.9 Å². The molecule has 4 aliphatic carbocycles. The lowest BCUT2D eigenvalue weighted by atomic mass is 9.48. The maximum Gasteiger partial charge on any atom is 0.229 e. The first-order valence-electron chi connectivity index (χ1n) is 13.0. The van der Waals surface area contributed by atoms with E-state index in [9.17, 15) is 4.79 Å². The highest BCUT2D eigenvalue weighted by Crippen LogP contribution is 2.66. The van der Waals surface area contributed by atoms with Crippen LogP contribution in [0.25, 0.3) is 11.5 Å². The minimum Gasteiger partial charge on any atom is -0.444 e. The first kappa shape index (κ1) is 21.5. The molecule has 8 atom stereocenters. The van der Waals surface area contributed by atoms with Gasteiger partial charge in [-0.05, 0) is 92.8 Å². The molecule has 5 nitrogen and oxygen atoms in total. The Hall–Kier alpha value is -1.98. The number of alkyl halides is 1. The number of nitrogens with zero attached hydrogens (tertiary/aromatic N) is 3. The molecule has 0 amide bonds. The zero-order valence-electron chi connectivity index (χ0n) is 19.9. The molecule has 0 radical (unpaired) electrons. The van der Waals surface area contributed by atoms with Gasteiger partial charge in [-0.1, -0.05) is 13.8 Å². The largest absolute Gasteiger partial charge is 0.444 e.